The van der Waals surface area contributed by atoms with E-state index >= 15 is 0 Å². The zero-order valence-electron chi connectivity index (χ0n) is 14.3. The maximum Gasteiger partial charge on any atom is 0.338 e. The second-order valence-corrected chi connectivity index (χ2v) is 6.26. The van der Waals surface area contributed by atoms with E-state index in [-0.39, 0.29) is 23.3 Å². The molecule has 1 N–H and O–H groups in total. The summed E-state index contributed by atoms with van der Waals surface area (Å²) in [6.07, 6.45) is 3.38. The molecular formula is C18H20FN3O4. The first-order valence-corrected chi connectivity index (χ1v) is 8.43. The largest absolute Gasteiger partial charge is 0.478 e. The zero-order chi connectivity index (χ0) is 18.7. The fourth-order valence-electron chi connectivity index (χ4n) is 3.04. The van der Waals surface area contributed by atoms with E-state index in [9.17, 15) is 14.0 Å². The highest BCUT2D eigenvalue weighted by molar-refractivity contribution is 5.86. The summed E-state index contributed by atoms with van der Waals surface area (Å²) in [5.41, 5.74) is 0.149. The van der Waals surface area contributed by atoms with Crippen LogP contribution in [0.3, 0.4) is 0 Å². The summed E-state index contributed by atoms with van der Waals surface area (Å²) in [5.74, 6) is -1.65. The van der Waals surface area contributed by atoms with E-state index in [0.29, 0.717) is 25.9 Å². The topological polar surface area (TPSA) is 84.7 Å². The molecule has 1 atom stereocenters. The van der Waals surface area contributed by atoms with Gasteiger partial charge in [0.05, 0.1) is 17.8 Å². The maximum atomic E-state index is 13.7. The summed E-state index contributed by atoms with van der Waals surface area (Å²) < 4.78 is 20.7. The highest BCUT2D eigenvalue weighted by Crippen LogP contribution is 2.24. The first-order chi connectivity index (χ1) is 12.5. The number of carboxylic acid groups (broad SMARTS) is 1. The third-order valence-electron chi connectivity index (χ3n) is 4.49. The molecule has 2 aromatic rings. The van der Waals surface area contributed by atoms with Crippen molar-refractivity contribution in [2.45, 2.75) is 31.9 Å². The van der Waals surface area contributed by atoms with E-state index in [1.54, 1.807) is 28.6 Å². The van der Waals surface area contributed by atoms with Crippen LogP contribution in [0.4, 0.5) is 4.39 Å². The second kappa shape index (κ2) is 7.55. The highest BCUT2D eigenvalue weighted by Gasteiger charge is 2.28. The molecule has 7 nitrogen and oxygen atoms in total. The number of rotatable bonds is 5. The lowest BCUT2D eigenvalue weighted by atomic mass is 10.0. The van der Waals surface area contributed by atoms with Crippen molar-refractivity contribution < 1.29 is 23.8 Å². The molecule has 0 aliphatic carbocycles. The number of benzene rings is 1. The lowest BCUT2D eigenvalue weighted by Crippen LogP contribution is -2.45. The van der Waals surface area contributed by atoms with Crippen LogP contribution in [-0.4, -0.2) is 50.9 Å². The summed E-state index contributed by atoms with van der Waals surface area (Å²) in [6.45, 7) is 2.63. The minimum atomic E-state index is -1.01. The van der Waals surface area contributed by atoms with Gasteiger partial charge in [-0.1, -0.05) is 12.1 Å². The molecule has 0 bridgehead atoms. The number of halogens is 1. The van der Waals surface area contributed by atoms with Crippen molar-refractivity contribution in [3.63, 3.8) is 0 Å². The summed E-state index contributed by atoms with van der Waals surface area (Å²) in [7, 11) is 0. The number of nitrogens with zero attached hydrogens (tertiary/aromatic N) is 3. The zero-order valence-corrected chi connectivity index (χ0v) is 14.3. The van der Waals surface area contributed by atoms with Gasteiger partial charge in [0.25, 0.3) is 5.91 Å². The van der Waals surface area contributed by atoms with Crippen molar-refractivity contribution in [2.24, 2.45) is 0 Å². The van der Waals surface area contributed by atoms with Crippen LogP contribution in [0.1, 0.15) is 36.2 Å². The van der Waals surface area contributed by atoms with E-state index < -0.39 is 17.9 Å². The van der Waals surface area contributed by atoms with Crippen molar-refractivity contribution in [1.29, 1.82) is 0 Å². The molecule has 1 unspecified atom stereocenters. The van der Waals surface area contributed by atoms with Crippen molar-refractivity contribution in [1.82, 2.24) is 14.7 Å². The summed E-state index contributed by atoms with van der Waals surface area (Å²) >= 11 is 0. The molecule has 2 heterocycles. The number of carbonyl (C=O) groups excluding carboxylic acids is 1. The number of likely N-dealkylation sites (tertiary alicyclic amines) is 1. The van der Waals surface area contributed by atoms with Crippen molar-refractivity contribution >= 4 is 11.9 Å². The lowest BCUT2D eigenvalue weighted by molar-refractivity contribution is -0.139. The standard InChI is InChI=1S/C18H20FN3O4/c1-12(26-16-5-3-2-4-15(16)19)17(23)21-8-6-14(7-9-21)22-11-13(10-20-22)18(24)25/h2-5,10-12,14H,6-9H2,1H3,(H,24,25). The first-order valence-electron chi connectivity index (χ1n) is 8.43. The Balaban J connectivity index is 1.56. The Hall–Kier alpha value is -2.90. The number of para-hydroxylation sites is 1. The normalized spacial score (nSPS) is 16.3. The molecule has 0 saturated carbocycles. The number of aromatic nitrogens is 2. The van der Waals surface area contributed by atoms with E-state index in [4.69, 9.17) is 9.84 Å². The summed E-state index contributed by atoms with van der Waals surface area (Å²) in [4.78, 5) is 25.2. The molecule has 8 heteroatoms. The predicted molar refractivity (Wildman–Crippen MR) is 90.5 cm³/mol. The highest BCUT2D eigenvalue weighted by atomic mass is 19.1. The number of hydrogen-bond donors (Lipinski definition) is 1. The Labute approximate surface area is 150 Å². The molecule has 0 spiro atoms. The maximum absolute atomic E-state index is 13.7. The van der Waals surface area contributed by atoms with Crippen molar-refractivity contribution in [2.75, 3.05) is 13.1 Å². The molecule has 1 saturated heterocycles. The molecule has 0 radical (unpaired) electrons. The van der Waals surface area contributed by atoms with Crippen LogP contribution in [0.15, 0.2) is 36.7 Å². The molecule has 26 heavy (non-hydrogen) atoms. The molecule has 1 aromatic carbocycles. The van der Waals surface area contributed by atoms with E-state index in [1.807, 2.05) is 0 Å². The molecule has 1 fully saturated rings. The van der Waals surface area contributed by atoms with Gasteiger partial charge >= 0.3 is 5.97 Å². The van der Waals surface area contributed by atoms with Crippen LogP contribution in [0, 0.1) is 5.82 Å². The summed E-state index contributed by atoms with van der Waals surface area (Å²) in [6, 6.07) is 6.03. The summed E-state index contributed by atoms with van der Waals surface area (Å²) in [5, 5.41) is 13.1. The molecular weight excluding hydrogens is 341 g/mol. The first kappa shape index (κ1) is 17.9. The van der Waals surface area contributed by atoms with Gasteiger partial charge in [-0.05, 0) is 31.9 Å². The number of carbonyl (C=O) groups is 2. The average molecular weight is 361 g/mol. The van der Waals surface area contributed by atoms with Gasteiger partial charge in [0, 0.05) is 19.3 Å². The van der Waals surface area contributed by atoms with Gasteiger partial charge in [0.1, 0.15) is 0 Å². The third-order valence-corrected chi connectivity index (χ3v) is 4.49. The third kappa shape index (κ3) is 3.84. The number of amides is 1. The van der Waals surface area contributed by atoms with Crippen LogP contribution in [0.25, 0.3) is 0 Å². The van der Waals surface area contributed by atoms with Gasteiger partial charge in [0.15, 0.2) is 17.7 Å². The Bertz CT molecular complexity index is 799. The van der Waals surface area contributed by atoms with Gasteiger partial charge < -0.3 is 14.7 Å². The van der Waals surface area contributed by atoms with E-state index in [0.717, 1.165) is 0 Å². The van der Waals surface area contributed by atoms with Gasteiger partial charge in [-0.3, -0.25) is 9.48 Å². The van der Waals surface area contributed by atoms with Gasteiger partial charge in [-0.2, -0.15) is 5.10 Å². The number of aromatic carboxylic acids is 1. The number of carboxylic acids is 1. The molecule has 3 rings (SSSR count). The van der Waals surface area contributed by atoms with E-state index in [2.05, 4.69) is 5.10 Å². The fourth-order valence-corrected chi connectivity index (χ4v) is 3.04. The molecule has 1 aliphatic heterocycles. The smallest absolute Gasteiger partial charge is 0.338 e. The Morgan fingerprint density at radius 2 is 2.00 bits per heavy atom. The molecule has 138 valence electrons. The second-order valence-electron chi connectivity index (χ2n) is 6.26. The SMILES string of the molecule is CC(Oc1ccccc1F)C(=O)N1CCC(n2cc(C(=O)O)cn2)CC1. The Kier molecular flexibility index (Phi) is 5.20. The minimum Gasteiger partial charge on any atom is -0.478 e. The van der Waals surface area contributed by atoms with Crippen LogP contribution < -0.4 is 4.74 Å². The monoisotopic (exact) mass is 361 g/mol. The van der Waals surface area contributed by atoms with Crippen molar-refractivity contribution in [3.8, 4) is 5.75 Å². The van der Waals surface area contributed by atoms with Crippen LogP contribution in [0.5, 0.6) is 5.75 Å². The predicted octanol–water partition coefficient (Wildman–Crippen LogP) is 2.35. The number of hydrogen-bond acceptors (Lipinski definition) is 4. The fraction of sp³-hybridized carbons (Fsp3) is 0.389. The molecule has 1 amide bonds. The lowest BCUT2D eigenvalue weighted by Gasteiger charge is -2.33. The van der Waals surface area contributed by atoms with Gasteiger partial charge in [0.2, 0.25) is 0 Å². The average Bonchev–Trinajstić information content (AvgIpc) is 3.13. The Morgan fingerprint density at radius 3 is 2.62 bits per heavy atom. The van der Waals surface area contributed by atoms with Crippen LogP contribution >= 0.6 is 0 Å². The van der Waals surface area contributed by atoms with Gasteiger partial charge in [-0.25, -0.2) is 9.18 Å². The number of ether oxygens (including phenoxy) is 1. The van der Waals surface area contributed by atoms with E-state index in [1.165, 1.54) is 24.5 Å². The molecule has 1 aliphatic rings. The van der Waals surface area contributed by atoms with Crippen molar-refractivity contribution in [3.05, 3.63) is 48.0 Å². The Morgan fingerprint density at radius 1 is 1.31 bits per heavy atom. The number of piperidine rings is 1. The molecule has 1 aromatic heterocycles. The minimum absolute atomic E-state index is 0.0509. The van der Waals surface area contributed by atoms with Crippen LogP contribution in [-0.2, 0) is 4.79 Å². The van der Waals surface area contributed by atoms with Crippen LogP contribution in [0.2, 0.25) is 0 Å². The van der Waals surface area contributed by atoms with Gasteiger partial charge in [-0.15, -0.1) is 0 Å². The quantitative estimate of drug-likeness (QED) is 0.884.